The fourth-order valence-electron chi connectivity index (χ4n) is 2.45. The summed E-state index contributed by atoms with van der Waals surface area (Å²) in [7, 11) is 0. The first-order valence-electron chi connectivity index (χ1n) is 7.32. The molecule has 21 heavy (non-hydrogen) atoms. The van der Waals surface area contributed by atoms with Crippen LogP contribution >= 0.6 is 0 Å². The van der Waals surface area contributed by atoms with E-state index in [0.717, 1.165) is 17.7 Å². The fourth-order valence-corrected chi connectivity index (χ4v) is 2.45. The van der Waals surface area contributed by atoms with Crippen LogP contribution in [0.3, 0.4) is 0 Å². The molecule has 0 aromatic heterocycles. The van der Waals surface area contributed by atoms with Gasteiger partial charge in [-0.1, -0.05) is 29.8 Å². The van der Waals surface area contributed by atoms with Gasteiger partial charge < -0.3 is 10.5 Å². The molecular formula is C18H22FNO. The first-order valence-corrected chi connectivity index (χ1v) is 7.32. The molecule has 0 saturated carbocycles. The molecule has 2 N–H and O–H groups in total. The molecule has 2 rings (SSSR count). The van der Waals surface area contributed by atoms with Gasteiger partial charge in [0.1, 0.15) is 11.6 Å². The maximum Gasteiger partial charge on any atom is 0.123 e. The number of ether oxygens (including phenoxy) is 1. The van der Waals surface area contributed by atoms with Crippen molar-refractivity contribution in [2.75, 3.05) is 13.2 Å². The van der Waals surface area contributed by atoms with Crippen LogP contribution in [0.25, 0.3) is 0 Å². The molecule has 2 aromatic rings. The molecule has 2 nitrogen and oxygen atoms in total. The lowest BCUT2D eigenvalue weighted by Crippen LogP contribution is -2.16. The minimum Gasteiger partial charge on any atom is -0.494 e. The second kappa shape index (κ2) is 7.23. The van der Waals surface area contributed by atoms with Gasteiger partial charge in [0.2, 0.25) is 0 Å². The van der Waals surface area contributed by atoms with E-state index in [-0.39, 0.29) is 11.7 Å². The molecule has 0 radical (unpaired) electrons. The number of hydrogen-bond donors (Lipinski definition) is 1. The Morgan fingerprint density at radius 2 is 1.86 bits per heavy atom. The summed E-state index contributed by atoms with van der Waals surface area (Å²) in [5.41, 5.74) is 9.19. The Balaban J connectivity index is 2.27. The van der Waals surface area contributed by atoms with E-state index in [9.17, 15) is 4.39 Å². The highest BCUT2D eigenvalue weighted by Gasteiger charge is 2.16. The van der Waals surface area contributed by atoms with Crippen LogP contribution in [0.1, 0.15) is 29.5 Å². The summed E-state index contributed by atoms with van der Waals surface area (Å²) in [4.78, 5) is 0. The van der Waals surface area contributed by atoms with Gasteiger partial charge in [-0.05, 0) is 50.6 Å². The van der Waals surface area contributed by atoms with Crippen LogP contribution in [0.2, 0.25) is 0 Å². The van der Waals surface area contributed by atoms with Crippen molar-refractivity contribution in [2.45, 2.75) is 26.2 Å². The molecule has 0 amide bonds. The lowest BCUT2D eigenvalue weighted by Gasteiger charge is -2.19. The number of rotatable bonds is 6. The van der Waals surface area contributed by atoms with E-state index < -0.39 is 0 Å². The van der Waals surface area contributed by atoms with E-state index in [1.165, 1.54) is 23.3 Å². The molecular weight excluding hydrogens is 265 g/mol. The largest absolute Gasteiger partial charge is 0.494 e. The summed E-state index contributed by atoms with van der Waals surface area (Å²) in [6.07, 6.45) is 0.778. The Hall–Kier alpha value is -1.87. The lowest BCUT2D eigenvalue weighted by molar-refractivity contribution is 0.333. The third kappa shape index (κ3) is 4.05. The number of aryl methyl sites for hydroxylation is 1. The van der Waals surface area contributed by atoms with Gasteiger partial charge in [0.15, 0.2) is 0 Å². The Labute approximate surface area is 125 Å². The molecule has 112 valence electrons. The van der Waals surface area contributed by atoms with Crippen molar-refractivity contribution < 1.29 is 9.13 Å². The predicted octanol–water partition coefficient (Wildman–Crippen LogP) is 3.82. The van der Waals surface area contributed by atoms with Gasteiger partial charge in [0.25, 0.3) is 0 Å². The molecule has 0 aliphatic rings. The van der Waals surface area contributed by atoms with E-state index in [0.29, 0.717) is 13.2 Å². The molecule has 0 aliphatic heterocycles. The van der Waals surface area contributed by atoms with E-state index >= 15 is 0 Å². The van der Waals surface area contributed by atoms with E-state index in [1.54, 1.807) is 6.07 Å². The molecule has 1 atom stereocenters. The highest BCUT2D eigenvalue weighted by atomic mass is 19.1. The van der Waals surface area contributed by atoms with E-state index in [4.69, 9.17) is 10.5 Å². The van der Waals surface area contributed by atoms with Crippen LogP contribution in [0.15, 0.2) is 42.5 Å². The van der Waals surface area contributed by atoms with Crippen molar-refractivity contribution in [1.29, 1.82) is 0 Å². The number of halogens is 1. The quantitative estimate of drug-likeness (QED) is 0.876. The van der Waals surface area contributed by atoms with Crippen LogP contribution in [-0.4, -0.2) is 13.2 Å². The molecule has 0 spiro atoms. The fraction of sp³-hybridized carbons (Fsp3) is 0.333. The smallest absolute Gasteiger partial charge is 0.123 e. The maximum atomic E-state index is 13.6. The minimum atomic E-state index is -0.254. The van der Waals surface area contributed by atoms with Crippen LogP contribution in [0.5, 0.6) is 5.75 Å². The molecule has 0 fully saturated rings. The summed E-state index contributed by atoms with van der Waals surface area (Å²) < 4.78 is 19.2. The lowest BCUT2D eigenvalue weighted by atomic mass is 9.91. The van der Waals surface area contributed by atoms with Crippen molar-refractivity contribution in [3.63, 3.8) is 0 Å². The average Bonchev–Trinajstić information content (AvgIpc) is 2.49. The van der Waals surface area contributed by atoms with Crippen LogP contribution < -0.4 is 10.5 Å². The van der Waals surface area contributed by atoms with Crippen LogP contribution in [-0.2, 0) is 6.42 Å². The third-order valence-electron chi connectivity index (χ3n) is 3.60. The predicted molar refractivity (Wildman–Crippen MR) is 84.2 cm³/mol. The Morgan fingerprint density at radius 3 is 2.48 bits per heavy atom. The van der Waals surface area contributed by atoms with Gasteiger partial charge in [-0.3, -0.25) is 0 Å². The highest BCUT2D eigenvalue weighted by Crippen LogP contribution is 2.30. The second-order valence-corrected chi connectivity index (χ2v) is 5.24. The van der Waals surface area contributed by atoms with Crippen LogP contribution in [0.4, 0.5) is 4.39 Å². The zero-order valence-corrected chi connectivity index (χ0v) is 12.6. The van der Waals surface area contributed by atoms with Crippen molar-refractivity contribution in [2.24, 2.45) is 5.73 Å². The van der Waals surface area contributed by atoms with Crippen LogP contribution in [0, 0.1) is 12.7 Å². The first kappa shape index (κ1) is 15.5. The standard InChI is InChI=1S/C18H22FNO/c1-3-21-18-9-8-16(19)11-17(18)15(12-20)10-14-6-4-13(2)5-7-14/h4-9,11,15H,3,10,12,20H2,1-2H3. The minimum absolute atomic E-state index is 0.0463. The SMILES string of the molecule is CCOc1ccc(F)cc1C(CN)Cc1ccc(C)cc1. The van der Waals surface area contributed by atoms with Crippen molar-refractivity contribution >= 4 is 0 Å². The monoisotopic (exact) mass is 287 g/mol. The Morgan fingerprint density at radius 1 is 1.14 bits per heavy atom. The first-order chi connectivity index (χ1) is 10.1. The highest BCUT2D eigenvalue weighted by molar-refractivity contribution is 5.38. The molecule has 0 saturated heterocycles. The summed E-state index contributed by atoms with van der Waals surface area (Å²) in [6, 6.07) is 13.0. The molecule has 2 aromatic carbocycles. The third-order valence-corrected chi connectivity index (χ3v) is 3.60. The van der Waals surface area contributed by atoms with Crippen molar-refractivity contribution in [3.05, 3.63) is 65.0 Å². The Bertz CT molecular complexity index is 580. The average molecular weight is 287 g/mol. The van der Waals surface area contributed by atoms with Crippen molar-refractivity contribution in [3.8, 4) is 5.75 Å². The van der Waals surface area contributed by atoms with Gasteiger partial charge in [-0.2, -0.15) is 0 Å². The number of nitrogens with two attached hydrogens (primary N) is 1. The van der Waals surface area contributed by atoms with Crippen molar-refractivity contribution in [1.82, 2.24) is 0 Å². The van der Waals surface area contributed by atoms with E-state index in [2.05, 4.69) is 31.2 Å². The zero-order valence-electron chi connectivity index (χ0n) is 12.6. The summed E-state index contributed by atoms with van der Waals surface area (Å²) in [5.74, 6) is 0.516. The molecule has 0 aliphatic carbocycles. The molecule has 1 unspecified atom stereocenters. The van der Waals surface area contributed by atoms with Gasteiger partial charge >= 0.3 is 0 Å². The summed E-state index contributed by atoms with van der Waals surface area (Å²) in [5, 5.41) is 0. The number of hydrogen-bond acceptors (Lipinski definition) is 2. The molecule has 3 heteroatoms. The van der Waals surface area contributed by atoms with E-state index in [1.807, 2.05) is 6.92 Å². The maximum absolute atomic E-state index is 13.6. The zero-order chi connectivity index (χ0) is 15.2. The number of benzene rings is 2. The molecule has 0 bridgehead atoms. The van der Waals surface area contributed by atoms with Gasteiger partial charge in [-0.25, -0.2) is 4.39 Å². The van der Waals surface area contributed by atoms with Gasteiger partial charge in [0.05, 0.1) is 6.61 Å². The summed E-state index contributed by atoms with van der Waals surface area (Å²) >= 11 is 0. The second-order valence-electron chi connectivity index (χ2n) is 5.24. The molecule has 0 heterocycles. The van der Waals surface area contributed by atoms with Gasteiger partial charge in [0, 0.05) is 11.5 Å². The van der Waals surface area contributed by atoms with Gasteiger partial charge in [-0.15, -0.1) is 0 Å². The topological polar surface area (TPSA) is 35.2 Å². The Kier molecular flexibility index (Phi) is 5.34. The summed E-state index contributed by atoms with van der Waals surface area (Å²) in [6.45, 7) is 4.99. The normalized spacial score (nSPS) is 12.2.